The molecule has 2 aliphatic rings. The monoisotopic (exact) mass is 415 g/mol. The number of carbonyl (C=O) groups is 1. The van der Waals surface area contributed by atoms with E-state index in [1.807, 2.05) is 19.0 Å². The van der Waals surface area contributed by atoms with E-state index in [4.69, 9.17) is 18.9 Å². The Hall–Kier alpha value is -3.59. The molecule has 30 heavy (non-hydrogen) atoms. The van der Waals surface area contributed by atoms with Gasteiger partial charge < -0.3 is 39.2 Å². The Morgan fingerprint density at radius 2 is 1.53 bits per heavy atom. The molecule has 0 saturated carbocycles. The lowest BCUT2D eigenvalue weighted by atomic mass is 9.97. The number of aliphatic hydroxyl groups is 2. The standard InChI is InChI=1S/C21H21NO8/c1-22(2)6-5-11-7-15-16(29-9-28-15)8-13(11)19(24)18(23)12-3-4-14-20(30-10-27-14)17(12)21(25)26/h3-4,7-8,23-24H,5-6,9-10H2,1-2H3,(H,25,26). The minimum atomic E-state index is -1.31. The predicted octanol–water partition coefficient (Wildman–Crippen LogP) is 2.89. The summed E-state index contributed by atoms with van der Waals surface area (Å²) in [5, 5.41) is 31.4. The normalized spacial score (nSPS) is 14.8. The number of nitrogens with zero attached hydrogens (tertiary/aromatic N) is 1. The van der Waals surface area contributed by atoms with Crippen molar-refractivity contribution in [2.75, 3.05) is 34.2 Å². The smallest absolute Gasteiger partial charge is 0.340 e. The van der Waals surface area contributed by atoms with Crippen molar-refractivity contribution >= 4 is 17.5 Å². The first-order valence-electron chi connectivity index (χ1n) is 9.23. The second kappa shape index (κ2) is 7.68. The number of carboxylic acids is 1. The Balaban J connectivity index is 1.84. The highest BCUT2D eigenvalue weighted by Gasteiger charge is 2.29. The van der Waals surface area contributed by atoms with Gasteiger partial charge in [0.2, 0.25) is 13.6 Å². The fourth-order valence-corrected chi connectivity index (χ4v) is 3.39. The van der Waals surface area contributed by atoms with Gasteiger partial charge in [0.05, 0.1) is 0 Å². The van der Waals surface area contributed by atoms with Crippen LogP contribution in [0.2, 0.25) is 0 Å². The van der Waals surface area contributed by atoms with Gasteiger partial charge in [-0.3, -0.25) is 0 Å². The van der Waals surface area contributed by atoms with Gasteiger partial charge in [0.15, 0.2) is 34.5 Å². The number of carboxylic acid groups (broad SMARTS) is 1. The van der Waals surface area contributed by atoms with Crippen molar-refractivity contribution in [3.8, 4) is 23.0 Å². The van der Waals surface area contributed by atoms with E-state index in [9.17, 15) is 20.1 Å². The molecule has 3 N–H and O–H groups in total. The number of hydrogen-bond donors (Lipinski definition) is 3. The maximum Gasteiger partial charge on any atom is 0.340 e. The summed E-state index contributed by atoms with van der Waals surface area (Å²) in [4.78, 5) is 13.8. The van der Waals surface area contributed by atoms with Crippen molar-refractivity contribution in [3.05, 3.63) is 46.5 Å². The summed E-state index contributed by atoms with van der Waals surface area (Å²) in [5.74, 6) is -1.11. The Bertz CT molecular complexity index is 1040. The quantitative estimate of drug-likeness (QED) is 0.483. The molecule has 9 heteroatoms. The zero-order chi connectivity index (χ0) is 21.4. The van der Waals surface area contributed by atoms with Gasteiger partial charge >= 0.3 is 5.97 Å². The van der Waals surface area contributed by atoms with Gasteiger partial charge in [0, 0.05) is 17.7 Å². The number of aromatic carboxylic acids is 1. The van der Waals surface area contributed by atoms with Crippen molar-refractivity contribution < 1.29 is 39.1 Å². The zero-order valence-corrected chi connectivity index (χ0v) is 16.5. The average Bonchev–Trinajstić information content (AvgIpc) is 3.37. The van der Waals surface area contributed by atoms with Crippen LogP contribution in [0.4, 0.5) is 0 Å². The van der Waals surface area contributed by atoms with Crippen LogP contribution in [-0.4, -0.2) is 60.4 Å². The van der Waals surface area contributed by atoms with Gasteiger partial charge in [0.1, 0.15) is 5.56 Å². The van der Waals surface area contributed by atoms with Crippen LogP contribution in [0.15, 0.2) is 24.3 Å². The predicted molar refractivity (Wildman–Crippen MR) is 106 cm³/mol. The fourth-order valence-electron chi connectivity index (χ4n) is 3.39. The van der Waals surface area contributed by atoms with Gasteiger partial charge in [-0.05, 0) is 50.3 Å². The van der Waals surface area contributed by atoms with E-state index >= 15 is 0 Å². The first-order chi connectivity index (χ1) is 14.4. The number of fused-ring (bicyclic) bond motifs is 2. The van der Waals surface area contributed by atoms with Crippen molar-refractivity contribution in [1.82, 2.24) is 4.90 Å². The molecule has 2 aromatic carbocycles. The van der Waals surface area contributed by atoms with Gasteiger partial charge in [-0.1, -0.05) is 0 Å². The first-order valence-corrected chi connectivity index (χ1v) is 9.23. The number of likely N-dealkylation sites (N-methyl/N-ethyl adjacent to an activating group) is 1. The van der Waals surface area contributed by atoms with E-state index < -0.39 is 17.5 Å². The molecule has 0 amide bonds. The molecule has 4 rings (SSSR count). The lowest BCUT2D eigenvalue weighted by molar-refractivity contribution is 0.0691. The lowest BCUT2D eigenvalue weighted by Gasteiger charge is -2.15. The minimum absolute atomic E-state index is 0.0119. The largest absolute Gasteiger partial charge is 0.504 e. The van der Waals surface area contributed by atoms with Gasteiger partial charge in [-0.15, -0.1) is 0 Å². The summed E-state index contributed by atoms with van der Waals surface area (Å²) in [5.41, 5.74) is 0.673. The van der Waals surface area contributed by atoms with Crippen molar-refractivity contribution in [1.29, 1.82) is 0 Å². The molecule has 0 radical (unpaired) electrons. The summed E-state index contributed by atoms with van der Waals surface area (Å²) in [6.45, 7) is 0.630. The van der Waals surface area contributed by atoms with Crippen LogP contribution < -0.4 is 18.9 Å². The minimum Gasteiger partial charge on any atom is -0.504 e. The summed E-state index contributed by atoms with van der Waals surface area (Å²) in [7, 11) is 3.84. The number of benzene rings is 2. The number of ether oxygens (including phenoxy) is 4. The first kappa shape index (κ1) is 19.7. The van der Waals surface area contributed by atoms with Crippen LogP contribution in [-0.2, 0) is 6.42 Å². The molecular formula is C21H21NO8. The lowest BCUT2D eigenvalue weighted by Crippen LogP contribution is -2.16. The van der Waals surface area contributed by atoms with Crippen molar-refractivity contribution in [3.63, 3.8) is 0 Å². The van der Waals surface area contributed by atoms with Crippen LogP contribution >= 0.6 is 0 Å². The molecule has 0 fully saturated rings. The van der Waals surface area contributed by atoms with E-state index in [0.29, 0.717) is 30.0 Å². The third-order valence-corrected chi connectivity index (χ3v) is 4.91. The molecular weight excluding hydrogens is 394 g/mol. The molecule has 2 aromatic rings. The molecule has 0 saturated heterocycles. The highest BCUT2D eigenvalue weighted by Crippen LogP contribution is 2.42. The number of hydrogen-bond acceptors (Lipinski definition) is 8. The molecule has 0 bridgehead atoms. The molecule has 0 aliphatic carbocycles. The Labute approximate surface area is 172 Å². The molecule has 0 unspecified atom stereocenters. The second-order valence-corrected chi connectivity index (χ2v) is 7.14. The molecule has 158 valence electrons. The van der Waals surface area contributed by atoms with E-state index in [1.54, 1.807) is 12.1 Å². The van der Waals surface area contributed by atoms with Crippen molar-refractivity contribution in [2.24, 2.45) is 0 Å². The molecule has 0 atom stereocenters. The van der Waals surface area contributed by atoms with E-state index in [1.165, 1.54) is 12.1 Å². The van der Waals surface area contributed by atoms with Gasteiger partial charge in [-0.25, -0.2) is 4.79 Å². The third-order valence-electron chi connectivity index (χ3n) is 4.91. The Morgan fingerprint density at radius 1 is 0.900 bits per heavy atom. The van der Waals surface area contributed by atoms with E-state index in [0.717, 1.165) is 5.56 Å². The Morgan fingerprint density at radius 3 is 2.23 bits per heavy atom. The third kappa shape index (κ3) is 3.43. The van der Waals surface area contributed by atoms with Crippen molar-refractivity contribution in [2.45, 2.75) is 6.42 Å². The fraction of sp³-hybridized carbons (Fsp3) is 0.286. The molecule has 2 heterocycles. The molecule has 9 nitrogen and oxygen atoms in total. The summed E-state index contributed by atoms with van der Waals surface area (Å²) >= 11 is 0. The SMILES string of the molecule is CN(C)CCc1cc2c(cc1C(O)=C(O)c1ccc3c(c1C(=O)O)OCO3)OCO2. The zero-order valence-electron chi connectivity index (χ0n) is 16.5. The number of rotatable bonds is 6. The Kier molecular flexibility index (Phi) is 5.04. The van der Waals surface area contributed by atoms with E-state index in [-0.39, 0.29) is 36.2 Å². The maximum absolute atomic E-state index is 11.8. The second-order valence-electron chi connectivity index (χ2n) is 7.14. The van der Waals surface area contributed by atoms with Crippen LogP contribution in [0.5, 0.6) is 23.0 Å². The van der Waals surface area contributed by atoms with Gasteiger partial charge in [-0.2, -0.15) is 0 Å². The summed E-state index contributed by atoms with van der Waals surface area (Å²) in [6, 6.07) is 6.18. The van der Waals surface area contributed by atoms with Crippen LogP contribution in [0.25, 0.3) is 11.5 Å². The molecule has 2 aliphatic heterocycles. The molecule has 0 spiro atoms. The summed E-state index contributed by atoms with van der Waals surface area (Å²) < 4.78 is 21.3. The van der Waals surface area contributed by atoms with E-state index in [2.05, 4.69) is 0 Å². The van der Waals surface area contributed by atoms with Gasteiger partial charge in [0.25, 0.3) is 0 Å². The van der Waals surface area contributed by atoms with Crippen LogP contribution in [0, 0.1) is 0 Å². The topological polar surface area (TPSA) is 118 Å². The maximum atomic E-state index is 11.8. The highest BCUT2D eigenvalue weighted by molar-refractivity contribution is 6.00. The average molecular weight is 415 g/mol. The highest BCUT2D eigenvalue weighted by atomic mass is 16.7. The molecule has 0 aromatic heterocycles. The number of aliphatic hydroxyl groups excluding tert-OH is 2. The van der Waals surface area contributed by atoms with Crippen LogP contribution in [0.3, 0.4) is 0 Å². The van der Waals surface area contributed by atoms with Crippen LogP contribution in [0.1, 0.15) is 27.0 Å². The summed E-state index contributed by atoms with van der Waals surface area (Å²) in [6.07, 6.45) is 0.559.